The molecule has 1 atom stereocenters. The lowest BCUT2D eigenvalue weighted by molar-refractivity contribution is -0.139. The molecule has 2 aliphatic rings. The van der Waals surface area contributed by atoms with Gasteiger partial charge in [0.25, 0.3) is 0 Å². The molecule has 1 saturated carbocycles. The molecule has 0 aromatic heterocycles. The number of hydrogen-bond acceptors (Lipinski definition) is 3. The maximum atomic E-state index is 13.3. The van der Waals surface area contributed by atoms with Crippen LogP contribution in [0.3, 0.4) is 0 Å². The molecule has 2 aromatic carbocycles. The molecule has 4 rings (SSSR count). The Bertz CT molecular complexity index is 1060. The van der Waals surface area contributed by atoms with E-state index in [0.29, 0.717) is 5.92 Å². The fourth-order valence-corrected chi connectivity index (χ4v) is 5.94. The van der Waals surface area contributed by atoms with Crippen molar-refractivity contribution < 1.29 is 26.4 Å². The highest BCUT2D eigenvalue weighted by atomic mass is 32.2. The number of nitrogens with one attached hydrogen (secondary N) is 1. The van der Waals surface area contributed by atoms with Gasteiger partial charge in [0.15, 0.2) is 0 Å². The van der Waals surface area contributed by atoms with Crippen LogP contribution in [0.25, 0.3) is 0 Å². The van der Waals surface area contributed by atoms with Crippen LogP contribution in [-0.2, 0) is 21.0 Å². The van der Waals surface area contributed by atoms with Crippen LogP contribution in [0.4, 0.5) is 13.2 Å². The van der Waals surface area contributed by atoms with Crippen LogP contribution < -0.4 is 5.32 Å². The smallest absolute Gasteiger partial charge is 0.349 e. The van der Waals surface area contributed by atoms with Crippen LogP contribution in [0, 0.1) is 11.8 Å². The van der Waals surface area contributed by atoms with Crippen LogP contribution in [0.2, 0.25) is 0 Å². The summed E-state index contributed by atoms with van der Waals surface area (Å²) in [6, 6.07) is 13.9. The Labute approximate surface area is 185 Å². The molecule has 0 radical (unpaired) electrons. The maximum absolute atomic E-state index is 13.3. The highest BCUT2D eigenvalue weighted by Crippen LogP contribution is 2.41. The number of halogens is 3. The van der Waals surface area contributed by atoms with Gasteiger partial charge in [0.1, 0.15) is 0 Å². The predicted molar refractivity (Wildman–Crippen MR) is 113 cm³/mol. The molecular formula is C23H25F3N2O3S. The number of alkyl halides is 3. The van der Waals surface area contributed by atoms with E-state index in [0.717, 1.165) is 34.8 Å². The second-order valence-electron chi connectivity index (χ2n) is 8.41. The van der Waals surface area contributed by atoms with Gasteiger partial charge < -0.3 is 5.32 Å². The molecule has 1 aliphatic heterocycles. The lowest BCUT2D eigenvalue weighted by Gasteiger charge is -2.32. The highest BCUT2D eigenvalue weighted by molar-refractivity contribution is 7.89. The molecule has 172 valence electrons. The average molecular weight is 467 g/mol. The summed E-state index contributed by atoms with van der Waals surface area (Å²) in [6.07, 6.45) is -2.13. The molecule has 0 spiro atoms. The molecular weight excluding hydrogens is 441 g/mol. The van der Waals surface area contributed by atoms with Crippen molar-refractivity contribution >= 4 is 15.9 Å². The molecule has 1 heterocycles. The fraction of sp³-hybridized carbons (Fsp3) is 0.435. The Morgan fingerprint density at radius 3 is 2.12 bits per heavy atom. The second kappa shape index (κ2) is 8.86. The van der Waals surface area contributed by atoms with Crippen molar-refractivity contribution in [2.24, 2.45) is 11.8 Å². The van der Waals surface area contributed by atoms with Gasteiger partial charge in [-0.25, -0.2) is 8.42 Å². The number of rotatable bonds is 6. The SMILES string of the molecule is O=C(N[C@H](c1ccccc1)C1CC1)C1CCN(S(=O)(=O)c2ccccc2C(F)(F)F)CC1. The van der Waals surface area contributed by atoms with E-state index < -0.39 is 26.7 Å². The van der Waals surface area contributed by atoms with E-state index in [-0.39, 0.29) is 43.8 Å². The van der Waals surface area contributed by atoms with Crippen LogP contribution in [0.5, 0.6) is 0 Å². The van der Waals surface area contributed by atoms with Gasteiger partial charge in [0.05, 0.1) is 16.5 Å². The third kappa shape index (κ3) is 4.83. The molecule has 9 heteroatoms. The first-order valence-electron chi connectivity index (χ1n) is 10.7. The molecule has 32 heavy (non-hydrogen) atoms. The number of piperidine rings is 1. The highest BCUT2D eigenvalue weighted by Gasteiger charge is 2.41. The molecule has 0 unspecified atom stereocenters. The van der Waals surface area contributed by atoms with Gasteiger partial charge >= 0.3 is 6.18 Å². The van der Waals surface area contributed by atoms with E-state index in [4.69, 9.17) is 0 Å². The van der Waals surface area contributed by atoms with E-state index in [1.807, 2.05) is 30.3 Å². The lowest BCUT2D eigenvalue weighted by atomic mass is 9.95. The Hall–Kier alpha value is -2.39. The topological polar surface area (TPSA) is 66.5 Å². The van der Waals surface area contributed by atoms with E-state index in [1.54, 1.807) is 0 Å². The van der Waals surface area contributed by atoms with Crippen molar-refractivity contribution in [1.29, 1.82) is 0 Å². The van der Waals surface area contributed by atoms with E-state index in [1.165, 1.54) is 12.1 Å². The van der Waals surface area contributed by atoms with Crippen LogP contribution in [-0.4, -0.2) is 31.7 Å². The Balaban J connectivity index is 1.42. The molecule has 2 fully saturated rings. The number of benzene rings is 2. The summed E-state index contributed by atoms with van der Waals surface area (Å²) in [7, 11) is -4.31. The second-order valence-corrected chi connectivity index (χ2v) is 10.3. The molecule has 1 saturated heterocycles. The molecule has 5 nitrogen and oxygen atoms in total. The van der Waals surface area contributed by atoms with Crippen molar-refractivity contribution in [1.82, 2.24) is 9.62 Å². The first-order valence-corrected chi connectivity index (χ1v) is 12.1. The van der Waals surface area contributed by atoms with Crippen molar-refractivity contribution in [3.63, 3.8) is 0 Å². The molecule has 2 aromatic rings. The monoisotopic (exact) mass is 466 g/mol. The van der Waals surface area contributed by atoms with Crippen molar-refractivity contribution in [2.75, 3.05) is 13.1 Å². The minimum atomic E-state index is -4.77. The predicted octanol–water partition coefficient (Wildman–Crippen LogP) is 4.37. The Kier molecular flexibility index (Phi) is 6.31. The van der Waals surface area contributed by atoms with E-state index >= 15 is 0 Å². The minimum Gasteiger partial charge on any atom is -0.349 e. The molecule has 0 bridgehead atoms. The molecule has 1 N–H and O–H groups in total. The zero-order chi connectivity index (χ0) is 22.9. The van der Waals surface area contributed by atoms with Gasteiger partial charge in [-0.05, 0) is 49.3 Å². The van der Waals surface area contributed by atoms with Gasteiger partial charge in [-0.1, -0.05) is 42.5 Å². The summed E-state index contributed by atoms with van der Waals surface area (Å²) < 4.78 is 66.8. The average Bonchev–Trinajstić information content (AvgIpc) is 3.63. The van der Waals surface area contributed by atoms with Crippen molar-refractivity contribution in [3.8, 4) is 0 Å². The van der Waals surface area contributed by atoms with Crippen molar-refractivity contribution in [3.05, 3.63) is 65.7 Å². The summed E-state index contributed by atoms with van der Waals surface area (Å²) in [5.41, 5.74) is -0.123. The van der Waals surface area contributed by atoms with Crippen LogP contribution >= 0.6 is 0 Å². The summed E-state index contributed by atoms with van der Waals surface area (Å²) >= 11 is 0. The number of sulfonamides is 1. The Morgan fingerprint density at radius 2 is 1.53 bits per heavy atom. The first-order chi connectivity index (χ1) is 15.2. The quantitative estimate of drug-likeness (QED) is 0.688. The standard InChI is InChI=1S/C23H25F3N2O3S/c24-23(25,26)19-8-4-5-9-20(19)32(30,31)28-14-12-18(13-15-28)22(29)27-21(17-10-11-17)16-6-2-1-3-7-16/h1-9,17-18,21H,10-15H2,(H,27,29)/t21-/m1/s1. The van der Waals surface area contributed by atoms with Gasteiger partial charge in [-0.15, -0.1) is 0 Å². The van der Waals surface area contributed by atoms with E-state index in [9.17, 15) is 26.4 Å². The summed E-state index contributed by atoms with van der Waals surface area (Å²) in [5.74, 6) is -0.0940. The van der Waals surface area contributed by atoms with Crippen molar-refractivity contribution in [2.45, 2.75) is 42.8 Å². The van der Waals surface area contributed by atoms with Crippen LogP contribution in [0.15, 0.2) is 59.5 Å². The van der Waals surface area contributed by atoms with E-state index in [2.05, 4.69) is 5.32 Å². The number of carbonyl (C=O) groups excluding carboxylic acids is 1. The number of hydrogen-bond donors (Lipinski definition) is 1. The van der Waals surface area contributed by atoms with Gasteiger partial charge in [-0.3, -0.25) is 4.79 Å². The zero-order valence-corrected chi connectivity index (χ0v) is 18.2. The fourth-order valence-electron chi connectivity index (χ4n) is 4.26. The Morgan fingerprint density at radius 1 is 0.938 bits per heavy atom. The molecule has 1 aliphatic carbocycles. The third-order valence-electron chi connectivity index (χ3n) is 6.18. The normalized spacial score (nSPS) is 19.5. The number of nitrogens with zero attached hydrogens (tertiary/aromatic N) is 1. The minimum absolute atomic E-state index is 0.00600. The summed E-state index contributed by atoms with van der Waals surface area (Å²) in [6.45, 7) is 0.0120. The van der Waals surface area contributed by atoms with Gasteiger partial charge in [0, 0.05) is 19.0 Å². The largest absolute Gasteiger partial charge is 0.417 e. The zero-order valence-electron chi connectivity index (χ0n) is 17.4. The van der Waals surface area contributed by atoms with Gasteiger partial charge in [0.2, 0.25) is 15.9 Å². The summed E-state index contributed by atoms with van der Waals surface area (Å²) in [4.78, 5) is 12.2. The van der Waals surface area contributed by atoms with Crippen LogP contribution in [0.1, 0.15) is 42.9 Å². The first kappa shape index (κ1) is 22.8. The molecule has 1 amide bonds. The lowest BCUT2D eigenvalue weighted by Crippen LogP contribution is -2.44. The number of carbonyl (C=O) groups is 1. The summed E-state index contributed by atoms with van der Waals surface area (Å²) in [5, 5.41) is 3.12. The number of amides is 1. The third-order valence-corrected chi connectivity index (χ3v) is 8.14. The maximum Gasteiger partial charge on any atom is 0.417 e. The van der Waals surface area contributed by atoms with Gasteiger partial charge in [-0.2, -0.15) is 17.5 Å².